The fourth-order valence-corrected chi connectivity index (χ4v) is 2.01. The van der Waals surface area contributed by atoms with Crippen molar-refractivity contribution in [3.8, 4) is 11.5 Å². The molecule has 5 nitrogen and oxygen atoms in total. The molecule has 0 spiro atoms. The molecule has 0 fully saturated rings. The van der Waals surface area contributed by atoms with E-state index in [2.05, 4.69) is 4.99 Å². The lowest BCUT2D eigenvalue weighted by molar-refractivity contribution is 0.350. The second-order valence-corrected chi connectivity index (χ2v) is 4.84. The van der Waals surface area contributed by atoms with E-state index in [1.54, 1.807) is 12.1 Å². The lowest BCUT2D eigenvalue weighted by atomic mass is 10.3. The Bertz CT molecular complexity index is 543. The van der Waals surface area contributed by atoms with E-state index in [1.807, 2.05) is 0 Å². The Kier molecular flexibility index (Phi) is 2.66. The van der Waals surface area contributed by atoms with E-state index in [4.69, 9.17) is 9.84 Å². The number of phenolic OH excluding ortho intramolecular Hbond substituents is 1. The monoisotopic (exact) mass is 239 g/mol. The average molecular weight is 239 g/mol. The summed E-state index contributed by atoms with van der Waals surface area (Å²) < 4.78 is 27.2. The van der Waals surface area contributed by atoms with Crippen LogP contribution in [0.4, 0.5) is 0 Å². The molecule has 1 aromatic carbocycles. The zero-order chi connectivity index (χ0) is 11.6. The summed E-state index contributed by atoms with van der Waals surface area (Å²) in [6, 6.07) is 6.14. The van der Waals surface area contributed by atoms with Gasteiger partial charge in [-0.1, -0.05) is 0 Å². The third-order valence-corrected chi connectivity index (χ3v) is 2.89. The Balaban J connectivity index is 1.99. The lowest BCUT2D eigenvalue weighted by Crippen LogP contribution is -1.98. The zero-order valence-electron chi connectivity index (χ0n) is 8.20. The Morgan fingerprint density at radius 3 is 2.50 bits per heavy atom. The van der Waals surface area contributed by atoms with Crippen molar-refractivity contribution in [1.29, 1.82) is 0 Å². The number of ether oxygens (including phenoxy) is 1. The van der Waals surface area contributed by atoms with E-state index in [1.165, 1.54) is 12.1 Å². The number of benzene rings is 1. The van der Waals surface area contributed by atoms with Crippen molar-refractivity contribution in [3.05, 3.63) is 35.4 Å². The topological polar surface area (TPSA) is 76.0 Å². The Morgan fingerprint density at radius 2 is 1.94 bits per heavy atom. The summed E-state index contributed by atoms with van der Waals surface area (Å²) in [5.41, 5.74) is 1.25. The van der Waals surface area contributed by atoms with Crippen LogP contribution in [0.2, 0.25) is 0 Å². The Hall–Kier alpha value is -1.82. The molecule has 1 heterocycles. The van der Waals surface area contributed by atoms with Gasteiger partial charge in [-0.3, -0.25) is 0 Å². The molecule has 16 heavy (non-hydrogen) atoms. The van der Waals surface area contributed by atoms with Crippen LogP contribution in [0, 0.1) is 0 Å². The molecule has 1 aromatic rings. The maximum atomic E-state index is 11.0. The number of rotatable bonds is 3. The van der Waals surface area contributed by atoms with Gasteiger partial charge in [-0.2, -0.15) is 0 Å². The molecule has 84 valence electrons. The molecule has 0 bridgehead atoms. The smallest absolute Gasteiger partial charge is 0.212 e. The molecule has 1 N–H and O–H groups in total. The molecule has 0 saturated heterocycles. The SMILES string of the molecule is O=S1(=O)C=NC(COc2ccc(O)cc2)=C1. The lowest BCUT2D eigenvalue weighted by Gasteiger charge is -2.04. The number of aliphatic imine (C=N–C) groups is 1. The first-order valence-corrected chi connectivity index (χ1v) is 6.08. The van der Waals surface area contributed by atoms with Crippen LogP contribution < -0.4 is 4.74 Å². The molecule has 0 amide bonds. The van der Waals surface area contributed by atoms with Crippen LogP contribution in [0.3, 0.4) is 0 Å². The van der Waals surface area contributed by atoms with Crippen LogP contribution >= 0.6 is 0 Å². The molecule has 1 aliphatic rings. The molecular formula is C10H9NO4S. The molecule has 0 aromatic heterocycles. The number of hydrogen-bond donors (Lipinski definition) is 1. The van der Waals surface area contributed by atoms with Crippen molar-refractivity contribution in [1.82, 2.24) is 0 Å². The average Bonchev–Trinajstić information content (AvgIpc) is 2.58. The van der Waals surface area contributed by atoms with Crippen molar-refractivity contribution in [2.75, 3.05) is 6.61 Å². The van der Waals surface area contributed by atoms with Gasteiger partial charge in [-0.15, -0.1) is 0 Å². The molecule has 1 aliphatic heterocycles. The molecule has 0 saturated carbocycles. The zero-order valence-corrected chi connectivity index (χ0v) is 9.02. The van der Waals surface area contributed by atoms with Crippen molar-refractivity contribution in [2.45, 2.75) is 0 Å². The minimum absolute atomic E-state index is 0.0838. The fraction of sp³-hybridized carbons (Fsp3) is 0.100. The highest BCUT2D eigenvalue weighted by atomic mass is 32.2. The Morgan fingerprint density at radius 1 is 1.25 bits per heavy atom. The Labute approximate surface area is 92.6 Å². The van der Waals surface area contributed by atoms with Gasteiger partial charge in [-0.25, -0.2) is 13.4 Å². The first-order valence-electron chi connectivity index (χ1n) is 4.47. The van der Waals surface area contributed by atoms with Crippen LogP contribution in [0.5, 0.6) is 11.5 Å². The highest BCUT2D eigenvalue weighted by Crippen LogP contribution is 2.17. The van der Waals surface area contributed by atoms with Gasteiger partial charge in [0, 0.05) is 0 Å². The molecule has 0 unspecified atom stereocenters. The molecular weight excluding hydrogens is 230 g/mol. The molecule has 0 aliphatic carbocycles. The van der Waals surface area contributed by atoms with Gasteiger partial charge in [0.15, 0.2) is 0 Å². The van der Waals surface area contributed by atoms with E-state index in [0.29, 0.717) is 11.4 Å². The summed E-state index contributed by atoms with van der Waals surface area (Å²) >= 11 is 0. The summed E-state index contributed by atoms with van der Waals surface area (Å²) in [7, 11) is -3.28. The third kappa shape index (κ3) is 2.60. The van der Waals surface area contributed by atoms with Gasteiger partial charge < -0.3 is 9.84 Å². The summed E-state index contributed by atoms with van der Waals surface area (Å²) in [5, 5.41) is 10.1. The van der Waals surface area contributed by atoms with Crippen LogP contribution in [0.25, 0.3) is 0 Å². The molecule has 0 atom stereocenters. The minimum Gasteiger partial charge on any atom is -0.508 e. The molecule has 6 heteroatoms. The number of phenols is 1. The number of nitrogens with zero attached hydrogens (tertiary/aromatic N) is 1. The number of aromatic hydroxyl groups is 1. The predicted octanol–water partition coefficient (Wildman–Crippen LogP) is 1.07. The van der Waals surface area contributed by atoms with Gasteiger partial charge in [0.25, 0.3) is 0 Å². The van der Waals surface area contributed by atoms with Gasteiger partial charge in [0.1, 0.15) is 23.7 Å². The third-order valence-electron chi connectivity index (χ3n) is 1.89. The van der Waals surface area contributed by atoms with Crippen molar-refractivity contribution < 1.29 is 18.3 Å². The van der Waals surface area contributed by atoms with Crippen LogP contribution in [-0.2, 0) is 9.84 Å². The number of sulfone groups is 1. The van der Waals surface area contributed by atoms with E-state index in [-0.39, 0.29) is 12.4 Å². The van der Waals surface area contributed by atoms with E-state index in [0.717, 1.165) is 11.0 Å². The highest BCUT2D eigenvalue weighted by molar-refractivity contribution is 8.07. The second-order valence-electron chi connectivity index (χ2n) is 3.22. The highest BCUT2D eigenvalue weighted by Gasteiger charge is 2.13. The minimum atomic E-state index is -3.28. The maximum absolute atomic E-state index is 11.0. The summed E-state index contributed by atoms with van der Waals surface area (Å²) in [5.74, 6) is 0.686. The van der Waals surface area contributed by atoms with Crippen molar-refractivity contribution in [3.63, 3.8) is 0 Å². The molecule has 2 rings (SSSR count). The standard InChI is InChI=1S/C10H9NO4S/c12-9-1-3-10(4-2-9)15-5-8-6-16(13,14)7-11-8/h1-4,6-7,12H,5H2. The van der Waals surface area contributed by atoms with Crippen LogP contribution in [0.1, 0.15) is 0 Å². The fourth-order valence-electron chi connectivity index (χ4n) is 1.16. The largest absolute Gasteiger partial charge is 0.508 e. The summed E-state index contributed by atoms with van der Waals surface area (Å²) in [6.45, 7) is 0.0838. The van der Waals surface area contributed by atoms with Gasteiger partial charge in [0.2, 0.25) is 9.84 Å². The van der Waals surface area contributed by atoms with Crippen LogP contribution in [-0.4, -0.2) is 25.7 Å². The number of hydrogen-bond acceptors (Lipinski definition) is 5. The summed E-state index contributed by atoms with van der Waals surface area (Å²) in [4.78, 5) is 3.69. The maximum Gasteiger partial charge on any atom is 0.212 e. The predicted molar refractivity (Wildman–Crippen MR) is 59.1 cm³/mol. The normalized spacial score (nSPS) is 17.1. The van der Waals surface area contributed by atoms with E-state index < -0.39 is 9.84 Å². The van der Waals surface area contributed by atoms with Gasteiger partial charge >= 0.3 is 0 Å². The summed E-state index contributed by atoms with van der Waals surface area (Å²) in [6.07, 6.45) is 0. The van der Waals surface area contributed by atoms with E-state index in [9.17, 15) is 8.42 Å². The first-order chi connectivity index (χ1) is 7.55. The van der Waals surface area contributed by atoms with Gasteiger partial charge in [0.05, 0.1) is 11.1 Å². The second kappa shape index (κ2) is 3.97. The first kappa shape index (κ1) is 10.7. The van der Waals surface area contributed by atoms with Crippen molar-refractivity contribution in [2.24, 2.45) is 4.99 Å². The van der Waals surface area contributed by atoms with Gasteiger partial charge in [-0.05, 0) is 24.3 Å². The molecule has 0 radical (unpaired) electrons. The van der Waals surface area contributed by atoms with Crippen molar-refractivity contribution >= 4 is 15.4 Å². The van der Waals surface area contributed by atoms with E-state index >= 15 is 0 Å². The van der Waals surface area contributed by atoms with Crippen LogP contribution in [0.15, 0.2) is 40.4 Å². The quantitative estimate of drug-likeness (QED) is 0.856.